The molecule has 0 amide bonds. The predicted octanol–water partition coefficient (Wildman–Crippen LogP) is 1.54. The Hall–Kier alpha value is -1.00. The molecule has 0 spiro atoms. The van der Waals surface area contributed by atoms with Crippen molar-refractivity contribution in [3.8, 4) is 0 Å². The summed E-state index contributed by atoms with van der Waals surface area (Å²) in [7, 11) is 1.94. The Balaban J connectivity index is 1.87. The van der Waals surface area contributed by atoms with Gasteiger partial charge in [-0.25, -0.2) is 9.97 Å². The number of aryl methyl sites for hydroxylation is 1. The van der Waals surface area contributed by atoms with E-state index in [1.165, 1.54) is 12.8 Å². The fraction of sp³-hybridized carbons (Fsp3) is 0.692. The van der Waals surface area contributed by atoms with Gasteiger partial charge >= 0.3 is 0 Å². The third-order valence-electron chi connectivity index (χ3n) is 3.72. The molecule has 2 aliphatic heterocycles. The van der Waals surface area contributed by atoms with Gasteiger partial charge in [-0.1, -0.05) is 0 Å². The van der Waals surface area contributed by atoms with E-state index in [1.807, 2.05) is 20.0 Å². The second kappa shape index (κ2) is 4.35. The highest BCUT2D eigenvalue weighted by atomic mass is 16.5. The van der Waals surface area contributed by atoms with Crippen molar-refractivity contribution in [1.82, 2.24) is 15.3 Å². The Morgan fingerprint density at radius 1 is 1.41 bits per heavy atom. The lowest BCUT2D eigenvalue weighted by atomic mass is 9.88. The smallest absolute Gasteiger partial charge is 0.134 e. The van der Waals surface area contributed by atoms with E-state index in [9.17, 15) is 0 Å². The molecule has 4 nitrogen and oxygen atoms in total. The van der Waals surface area contributed by atoms with Crippen molar-refractivity contribution in [2.24, 2.45) is 0 Å². The van der Waals surface area contributed by atoms with Crippen LogP contribution in [0.2, 0.25) is 0 Å². The summed E-state index contributed by atoms with van der Waals surface area (Å²) in [5.41, 5.74) is 2.14. The van der Waals surface area contributed by atoms with Gasteiger partial charge in [-0.3, -0.25) is 0 Å². The van der Waals surface area contributed by atoms with E-state index in [-0.39, 0.29) is 0 Å². The van der Waals surface area contributed by atoms with Crippen LogP contribution in [0.5, 0.6) is 0 Å². The maximum Gasteiger partial charge on any atom is 0.134 e. The molecule has 0 aromatic carbocycles. The molecule has 3 unspecified atom stereocenters. The Bertz CT molecular complexity index is 421. The van der Waals surface area contributed by atoms with Crippen LogP contribution in [0.1, 0.15) is 42.4 Å². The van der Waals surface area contributed by atoms with E-state index in [1.54, 1.807) is 0 Å². The van der Waals surface area contributed by atoms with E-state index < -0.39 is 0 Å². The summed E-state index contributed by atoms with van der Waals surface area (Å²) in [6, 6.07) is 2.05. The molecular weight excluding hydrogens is 214 g/mol. The summed E-state index contributed by atoms with van der Waals surface area (Å²) in [5, 5.41) is 3.14. The SMILES string of the molecule is CNCc1cc(C)nc(C2CC3CCC2O3)n1. The Labute approximate surface area is 102 Å². The highest BCUT2D eigenvalue weighted by molar-refractivity contribution is 5.15. The van der Waals surface area contributed by atoms with Crippen LogP contribution >= 0.6 is 0 Å². The Kier molecular flexibility index (Phi) is 2.84. The molecule has 2 aliphatic rings. The van der Waals surface area contributed by atoms with Crippen molar-refractivity contribution in [3.05, 3.63) is 23.3 Å². The summed E-state index contributed by atoms with van der Waals surface area (Å²) >= 11 is 0. The zero-order valence-corrected chi connectivity index (χ0v) is 10.4. The zero-order chi connectivity index (χ0) is 11.8. The van der Waals surface area contributed by atoms with Crippen LogP contribution < -0.4 is 5.32 Å². The third kappa shape index (κ3) is 2.07. The number of nitrogens with one attached hydrogen (secondary N) is 1. The average molecular weight is 233 g/mol. The van der Waals surface area contributed by atoms with E-state index in [2.05, 4.69) is 15.3 Å². The van der Waals surface area contributed by atoms with Crippen molar-refractivity contribution < 1.29 is 4.74 Å². The minimum Gasteiger partial charge on any atom is -0.374 e. The Morgan fingerprint density at radius 3 is 2.94 bits per heavy atom. The van der Waals surface area contributed by atoms with E-state index in [0.717, 1.165) is 30.2 Å². The van der Waals surface area contributed by atoms with Crippen molar-refractivity contribution in [2.75, 3.05) is 7.05 Å². The molecule has 3 rings (SSSR count). The minimum absolute atomic E-state index is 0.365. The van der Waals surface area contributed by atoms with E-state index in [0.29, 0.717) is 18.1 Å². The van der Waals surface area contributed by atoms with Crippen molar-refractivity contribution in [3.63, 3.8) is 0 Å². The average Bonchev–Trinajstić information content (AvgIpc) is 2.90. The fourth-order valence-electron chi connectivity index (χ4n) is 3.01. The van der Waals surface area contributed by atoms with Gasteiger partial charge in [-0.2, -0.15) is 0 Å². The van der Waals surface area contributed by atoms with Gasteiger partial charge in [0.15, 0.2) is 0 Å². The first kappa shape index (κ1) is 11.1. The summed E-state index contributed by atoms with van der Waals surface area (Å²) < 4.78 is 5.88. The molecule has 1 N–H and O–H groups in total. The molecule has 4 heteroatoms. The normalized spacial score (nSPS) is 31.1. The van der Waals surface area contributed by atoms with Crippen LogP contribution in [0.3, 0.4) is 0 Å². The van der Waals surface area contributed by atoms with Crippen LogP contribution in [0, 0.1) is 6.92 Å². The fourth-order valence-corrected chi connectivity index (χ4v) is 3.01. The molecule has 3 atom stereocenters. The molecule has 0 radical (unpaired) electrons. The first-order chi connectivity index (χ1) is 8.26. The molecule has 0 saturated carbocycles. The monoisotopic (exact) mass is 233 g/mol. The Morgan fingerprint density at radius 2 is 2.29 bits per heavy atom. The number of aromatic nitrogens is 2. The standard InChI is InChI=1S/C13H19N3O/c1-8-5-9(7-14-2)16-13(15-8)11-6-10-3-4-12(11)17-10/h5,10-12,14H,3-4,6-7H2,1-2H3. The first-order valence-electron chi connectivity index (χ1n) is 6.41. The van der Waals surface area contributed by atoms with Gasteiger partial charge in [0.2, 0.25) is 0 Å². The highest BCUT2D eigenvalue weighted by Gasteiger charge is 2.42. The van der Waals surface area contributed by atoms with Gasteiger partial charge < -0.3 is 10.1 Å². The quantitative estimate of drug-likeness (QED) is 0.860. The predicted molar refractivity (Wildman–Crippen MR) is 64.8 cm³/mol. The second-order valence-electron chi connectivity index (χ2n) is 5.11. The van der Waals surface area contributed by atoms with Crippen LogP contribution in [-0.4, -0.2) is 29.2 Å². The number of fused-ring (bicyclic) bond motifs is 2. The van der Waals surface area contributed by atoms with Crippen molar-refractivity contribution >= 4 is 0 Å². The van der Waals surface area contributed by atoms with Crippen molar-refractivity contribution in [1.29, 1.82) is 0 Å². The van der Waals surface area contributed by atoms with Gasteiger partial charge in [0, 0.05) is 18.2 Å². The van der Waals surface area contributed by atoms with Gasteiger partial charge in [-0.05, 0) is 39.3 Å². The second-order valence-corrected chi connectivity index (χ2v) is 5.11. The zero-order valence-electron chi connectivity index (χ0n) is 10.4. The topological polar surface area (TPSA) is 47.0 Å². The van der Waals surface area contributed by atoms with Crippen LogP contribution in [0.4, 0.5) is 0 Å². The molecule has 3 heterocycles. The third-order valence-corrected chi connectivity index (χ3v) is 3.72. The molecule has 1 aromatic heterocycles. The lowest BCUT2D eigenvalue weighted by Crippen LogP contribution is -2.19. The molecule has 0 aliphatic carbocycles. The molecule has 2 bridgehead atoms. The van der Waals surface area contributed by atoms with E-state index >= 15 is 0 Å². The largest absolute Gasteiger partial charge is 0.374 e. The maximum atomic E-state index is 5.88. The number of rotatable bonds is 3. The highest BCUT2D eigenvalue weighted by Crippen LogP contribution is 2.43. The molecule has 1 aromatic rings. The summed E-state index contributed by atoms with van der Waals surface area (Å²) in [5.74, 6) is 1.41. The number of nitrogens with zero attached hydrogens (tertiary/aromatic N) is 2. The van der Waals surface area contributed by atoms with Crippen LogP contribution in [0.25, 0.3) is 0 Å². The first-order valence-corrected chi connectivity index (χ1v) is 6.41. The summed E-state index contributed by atoms with van der Waals surface area (Å²) in [4.78, 5) is 9.27. The summed E-state index contributed by atoms with van der Waals surface area (Å²) in [6.45, 7) is 2.84. The minimum atomic E-state index is 0.365. The lowest BCUT2D eigenvalue weighted by Gasteiger charge is -2.18. The molecule has 92 valence electrons. The van der Waals surface area contributed by atoms with Gasteiger partial charge in [0.25, 0.3) is 0 Å². The van der Waals surface area contributed by atoms with Gasteiger partial charge in [0.1, 0.15) is 5.82 Å². The summed E-state index contributed by atoms with van der Waals surface area (Å²) in [6.07, 6.45) is 4.32. The lowest BCUT2D eigenvalue weighted by molar-refractivity contribution is 0.0998. The molecule has 17 heavy (non-hydrogen) atoms. The van der Waals surface area contributed by atoms with E-state index in [4.69, 9.17) is 4.74 Å². The molecule has 2 fully saturated rings. The number of hydrogen-bond donors (Lipinski definition) is 1. The maximum absolute atomic E-state index is 5.88. The van der Waals surface area contributed by atoms with Crippen LogP contribution in [-0.2, 0) is 11.3 Å². The van der Waals surface area contributed by atoms with Gasteiger partial charge in [0.05, 0.1) is 17.9 Å². The molecular formula is C13H19N3O. The number of ether oxygens (including phenoxy) is 1. The van der Waals surface area contributed by atoms with Gasteiger partial charge in [-0.15, -0.1) is 0 Å². The molecule has 2 saturated heterocycles. The van der Waals surface area contributed by atoms with Crippen LogP contribution in [0.15, 0.2) is 6.07 Å². The van der Waals surface area contributed by atoms with Crippen molar-refractivity contribution in [2.45, 2.75) is 50.9 Å². The number of hydrogen-bond acceptors (Lipinski definition) is 4.